The lowest BCUT2D eigenvalue weighted by Crippen LogP contribution is -2.18. The first kappa shape index (κ1) is 12.6. The van der Waals surface area contributed by atoms with Gasteiger partial charge in [-0.3, -0.25) is 0 Å². The van der Waals surface area contributed by atoms with Gasteiger partial charge in [0.05, 0.1) is 22.0 Å². The van der Waals surface area contributed by atoms with E-state index in [9.17, 15) is 0 Å². The SMILES string of the molecule is COCCNCc1cnoc1-c1ccc(Cl)s1. The second kappa shape index (κ2) is 6.16. The van der Waals surface area contributed by atoms with Crippen molar-refractivity contribution < 1.29 is 9.26 Å². The second-order valence-electron chi connectivity index (χ2n) is 3.45. The zero-order valence-corrected chi connectivity index (χ0v) is 11.0. The van der Waals surface area contributed by atoms with Crippen LogP contribution in [0.25, 0.3) is 10.6 Å². The van der Waals surface area contributed by atoms with Gasteiger partial charge in [-0.15, -0.1) is 11.3 Å². The fourth-order valence-corrected chi connectivity index (χ4v) is 2.48. The summed E-state index contributed by atoms with van der Waals surface area (Å²) in [5, 5.41) is 7.08. The summed E-state index contributed by atoms with van der Waals surface area (Å²) in [6.07, 6.45) is 1.72. The van der Waals surface area contributed by atoms with Gasteiger partial charge in [0.2, 0.25) is 0 Å². The number of methoxy groups -OCH3 is 1. The maximum atomic E-state index is 5.90. The summed E-state index contributed by atoms with van der Waals surface area (Å²) in [6, 6.07) is 3.79. The molecule has 0 aliphatic rings. The molecule has 1 N–H and O–H groups in total. The van der Waals surface area contributed by atoms with Crippen molar-refractivity contribution in [2.24, 2.45) is 0 Å². The second-order valence-corrected chi connectivity index (χ2v) is 5.17. The van der Waals surface area contributed by atoms with Gasteiger partial charge in [-0.1, -0.05) is 16.8 Å². The third kappa shape index (κ3) is 3.29. The van der Waals surface area contributed by atoms with E-state index >= 15 is 0 Å². The van der Waals surface area contributed by atoms with Crippen molar-refractivity contribution in [1.82, 2.24) is 10.5 Å². The monoisotopic (exact) mass is 272 g/mol. The van der Waals surface area contributed by atoms with Crippen LogP contribution in [0.5, 0.6) is 0 Å². The van der Waals surface area contributed by atoms with Gasteiger partial charge in [-0.2, -0.15) is 0 Å². The summed E-state index contributed by atoms with van der Waals surface area (Å²) in [5.41, 5.74) is 1.03. The van der Waals surface area contributed by atoms with Crippen molar-refractivity contribution in [3.63, 3.8) is 0 Å². The number of rotatable bonds is 6. The lowest BCUT2D eigenvalue weighted by atomic mass is 10.2. The molecular weight excluding hydrogens is 260 g/mol. The first-order chi connectivity index (χ1) is 8.31. The quantitative estimate of drug-likeness (QED) is 0.822. The summed E-state index contributed by atoms with van der Waals surface area (Å²) in [4.78, 5) is 0.996. The third-order valence-corrected chi connectivity index (χ3v) is 3.47. The first-order valence-corrected chi connectivity index (χ1v) is 6.39. The number of halogens is 1. The molecule has 92 valence electrons. The Morgan fingerprint density at radius 3 is 3.12 bits per heavy atom. The van der Waals surface area contributed by atoms with Crippen LogP contribution in [0.3, 0.4) is 0 Å². The molecule has 0 amide bonds. The van der Waals surface area contributed by atoms with Gasteiger partial charge in [0.1, 0.15) is 0 Å². The largest absolute Gasteiger partial charge is 0.383 e. The molecule has 0 bridgehead atoms. The third-order valence-electron chi connectivity index (χ3n) is 2.24. The molecule has 0 aliphatic carbocycles. The van der Waals surface area contributed by atoms with Crippen molar-refractivity contribution in [2.45, 2.75) is 6.54 Å². The van der Waals surface area contributed by atoms with Crippen molar-refractivity contribution in [3.05, 3.63) is 28.2 Å². The highest BCUT2D eigenvalue weighted by Crippen LogP contribution is 2.32. The minimum absolute atomic E-state index is 0.686. The lowest BCUT2D eigenvalue weighted by molar-refractivity contribution is 0.199. The Morgan fingerprint density at radius 1 is 1.53 bits per heavy atom. The van der Waals surface area contributed by atoms with Crippen molar-refractivity contribution in [1.29, 1.82) is 0 Å². The minimum Gasteiger partial charge on any atom is -0.383 e. The Bertz CT molecular complexity index is 469. The Morgan fingerprint density at radius 2 is 2.41 bits per heavy atom. The van der Waals surface area contributed by atoms with Gasteiger partial charge >= 0.3 is 0 Å². The van der Waals surface area contributed by atoms with Gasteiger partial charge in [0.15, 0.2) is 5.76 Å². The molecule has 2 aromatic heterocycles. The van der Waals surface area contributed by atoms with Crippen molar-refractivity contribution in [3.8, 4) is 10.6 Å². The normalized spacial score (nSPS) is 10.9. The van der Waals surface area contributed by atoms with Gasteiger partial charge < -0.3 is 14.6 Å². The van der Waals surface area contributed by atoms with Gasteiger partial charge in [-0.05, 0) is 12.1 Å². The summed E-state index contributed by atoms with van der Waals surface area (Å²) in [5.74, 6) is 0.784. The number of aromatic nitrogens is 1. The fraction of sp³-hybridized carbons (Fsp3) is 0.364. The molecule has 0 fully saturated rings. The maximum Gasteiger partial charge on any atom is 0.181 e. The van der Waals surface area contributed by atoms with Crippen LogP contribution in [0, 0.1) is 0 Å². The summed E-state index contributed by atoms with van der Waals surface area (Å²) >= 11 is 7.38. The van der Waals surface area contributed by atoms with E-state index in [0.717, 1.165) is 27.1 Å². The van der Waals surface area contributed by atoms with Crippen LogP contribution in [0.1, 0.15) is 5.56 Å². The van der Waals surface area contributed by atoms with E-state index < -0.39 is 0 Å². The topological polar surface area (TPSA) is 47.3 Å². The number of ether oxygens (including phenoxy) is 1. The molecule has 4 nitrogen and oxygen atoms in total. The molecule has 17 heavy (non-hydrogen) atoms. The van der Waals surface area contributed by atoms with Crippen LogP contribution in [-0.2, 0) is 11.3 Å². The van der Waals surface area contributed by atoms with Gasteiger partial charge in [-0.25, -0.2) is 0 Å². The van der Waals surface area contributed by atoms with Crippen LogP contribution in [0.2, 0.25) is 4.34 Å². The highest BCUT2D eigenvalue weighted by Gasteiger charge is 2.12. The van der Waals surface area contributed by atoms with E-state index in [2.05, 4.69) is 10.5 Å². The summed E-state index contributed by atoms with van der Waals surface area (Å²) in [7, 11) is 1.68. The predicted molar refractivity (Wildman–Crippen MR) is 68.4 cm³/mol. The molecule has 2 rings (SSSR count). The van der Waals surface area contributed by atoms with E-state index in [4.69, 9.17) is 20.9 Å². The molecule has 0 aliphatic heterocycles. The number of hydrogen-bond donors (Lipinski definition) is 1. The standard InChI is InChI=1S/C11H13ClN2O2S/c1-15-5-4-13-6-8-7-14-16-11(8)9-2-3-10(12)17-9/h2-3,7,13H,4-6H2,1H3. The number of nitrogens with one attached hydrogen (secondary N) is 1. The number of hydrogen-bond acceptors (Lipinski definition) is 5. The molecule has 0 aromatic carbocycles. The molecule has 2 aromatic rings. The van der Waals surface area contributed by atoms with Crippen molar-refractivity contribution >= 4 is 22.9 Å². The maximum absolute atomic E-state index is 5.90. The molecule has 0 atom stereocenters. The van der Waals surface area contributed by atoms with E-state index in [-0.39, 0.29) is 0 Å². The van der Waals surface area contributed by atoms with Crippen LogP contribution >= 0.6 is 22.9 Å². The van der Waals surface area contributed by atoms with Crippen LogP contribution in [0.15, 0.2) is 22.9 Å². The van der Waals surface area contributed by atoms with Gasteiger partial charge in [0.25, 0.3) is 0 Å². The molecule has 0 radical (unpaired) electrons. The van der Waals surface area contributed by atoms with Crippen LogP contribution in [-0.4, -0.2) is 25.4 Å². The zero-order chi connectivity index (χ0) is 12.1. The highest BCUT2D eigenvalue weighted by atomic mass is 35.5. The zero-order valence-electron chi connectivity index (χ0n) is 9.40. The highest BCUT2D eigenvalue weighted by molar-refractivity contribution is 7.19. The van der Waals surface area contributed by atoms with E-state index in [1.165, 1.54) is 11.3 Å². The van der Waals surface area contributed by atoms with E-state index in [1.807, 2.05) is 12.1 Å². The Labute approximate surface area is 109 Å². The van der Waals surface area contributed by atoms with Crippen molar-refractivity contribution in [2.75, 3.05) is 20.3 Å². The van der Waals surface area contributed by atoms with Crippen LogP contribution < -0.4 is 5.32 Å². The molecule has 0 spiro atoms. The number of thiophene rings is 1. The molecule has 6 heteroatoms. The lowest BCUT2D eigenvalue weighted by Gasteiger charge is -2.02. The van der Waals surface area contributed by atoms with E-state index in [1.54, 1.807) is 13.3 Å². The Balaban J connectivity index is 2.02. The van der Waals surface area contributed by atoms with Crippen LogP contribution in [0.4, 0.5) is 0 Å². The van der Waals surface area contributed by atoms with E-state index in [0.29, 0.717) is 13.2 Å². The smallest absolute Gasteiger partial charge is 0.181 e. The fourth-order valence-electron chi connectivity index (χ4n) is 1.42. The molecule has 0 saturated heterocycles. The minimum atomic E-state index is 0.686. The summed E-state index contributed by atoms with van der Waals surface area (Å²) < 4.78 is 11.0. The molecule has 2 heterocycles. The predicted octanol–water partition coefficient (Wildman–Crippen LogP) is 2.79. The first-order valence-electron chi connectivity index (χ1n) is 5.20. The average molecular weight is 273 g/mol. The molecule has 0 saturated carbocycles. The number of nitrogens with zero attached hydrogens (tertiary/aromatic N) is 1. The molecular formula is C11H13ClN2O2S. The Hall–Kier alpha value is -0.880. The van der Waals surface area contributed by atoms with Gasteiger partial charge in [0, 0.05) is 25.8 Å². The average Bonchev–Trinajstić information content (AvgIpc) is 2.93. The summed E-state index contributed by atoms with van der Waals surface area (Å²) in [6.45, 7) is 2.19. The Kier molecular flexibility index (Phi) is 4.56. The molecule has 0 unspecified atom stereocenters.